The van der Waals surface area contributed by atoms with Gasteiger partial charge in [-0.05, 0) is 24.7 Å². The molecule has 0 radical (unpaired) electrons. The van der Waals surface area contributed by atoms with E-state index in [0.29, 0.717) is 18.4 Å². The van der Waals surface area contributed by atoms with E-state index < -0.39 is 0 Å². The zero-order chi connectivity index (χ0) is 17.5. The largest absolute Gasteiger partial charge is 0.438 e. The number of carbonyl (C=O) groups is 1. The van der Waals surface area contributed by atoms with Gasteiger partial charge in [0.05, 0.1) is 36.9 Å². The molecular formula is C19H32O5. The first kappa shape index (κ1) is 18.2. The Labute approximate surface area is 145 Å². The van der Waals surface area contributed by atoms with E-state index in [1.807, 2.05) is 0 Å². The second-order valence-corrected chi connectivity index (χ2v) is 8.66. The summed E-state index contributed by atoms with van der Waals surface area (Å²) in [6.45, 7) is 11.2. The molecule has 0 aromatic carbocycles. The fourth-order valence-corrected chi connectivity index (χ4v) is 4.68. The lowest BCUT2D eigenvalue weighted by Gasteiger charge is -2.29. The van der Waals surface area contributed by atoms with Crippen LogP contribution >= 0.6 is 0 Å². The standard InChI is InChI=1S/C19H32O5/c1-6-12-15-14-8-11(17(24-14)16(15)13(7-2)23-12)18(20)22-10-21-9-19(3,4)5/h11-17H,6-10H2,1-5H3. The summed E-state index contributed by atoms with van der Waals surface area (Å²) in [6.07, 6.45) is 3.34. The van der Waals surface area contributed by atoms with Gasteiger partial charge < -0.3 is 18.9 Å². The van der Waals surface area contributed by atoms with Crippen molar-refractivity contribution < 1.29 is 23.7 Å². The first-order valence-electron chi connectivity index (χ1n) is 9.41. The maximum absolute atomic E-state index is 12.5. The van der Waals surface area contributed by atoms with Crippen molar-refractivity contribution in [3.8, 4) is 0 Å². The monoisotopic (exact) mass is 340 g/mol. The zero-order valence-electron chi connectivity index (χ0n) is 15.6. The van der Waals surface area contributed by atoms with E-state index in [1.165, 1.54) is 0 Å². The lowest BCUT2D eigenvalue weighted by Crippen LogP contribution is -2.41. The summed E-state index contributed by atoms with van der Waals surface area (Å²) in [7, 11) is 0. The molecule has 3 fully saturated rings. The Hall–Kier alpha value is -0.650. The fourth-order valence-electron chi connectivity index (χ4n) is 4.68. The van der Waals surface area contributed by atoms with Crippen molar-refractivity contribution in [3.05, 3.63) is 0 Å². The van der Waals surface area contributed by atoms with Crippen molar-refractivity contribution in [2.45, 2.75) is 78.3 Å². The SMILES string of the molecule is CCC1OC(CC)C2C3OC(CC3C(=O)OCOCC(C)(C)C)C12. The molecular weight excluding hydrogens is 308 g/mol. The Bertz CT molecular complexity index is 457. The third-order valence-electron chi connectivity index (χ3n) is 5.60. The zero-order valence-corrected chi connectivity index (χ0v) is 15.6. The van der Waals surface area contributed by atoms with Gasteiger partial charge in [-0.1, -0.05) is 34.6 Å². The summed E-state index contributed by atoms with van der Waals surface area (Å²) >= 11 is 0. The predicted molar refractivity (Wildman–Crippen MR) is 89.4 cm³/mol. The number of carbonyl (C=O) groups excluding carboxylic acids is 1. The van der Waals surface area contributed by atoms with E-state index in [1.54, 1.807) is 0 Å². The van der Waals surface area contributed by atoms with Gasteiger partial charge in [0.2, 0.25) is 0 Å². The number of ether oxygens (including phenoxy) is 4. The van der Waals surface area contributed by atoms with E-state index in [2.05, 4.69) is 34.6 Å². The molecule has 0 saturated carbocycles. The highest BCUT2D eigenvalue weighted by Gasteiger charge is 2.63. The molecule has 0 amide bonds. The van der Waals surface area contributed by atoms with Gasteiger partial charge in [0.1, 0.15) is 0 Å². The third kappa shape index (κ3) is 3.35. The highest BCUT2D eigenvalue weighted by molar-refractivity contribution is 5.74. The van der Waals surface area contributed by atoms with Crippen LogP contribution in [0.3, 0.4) is 0 Å². The Balaban J connectivity index is 1.55. The highest BCUT2D eigenvalue weighted by Crippen LogP contribution is 2.55. The molecule has 0 aromatic rings. The Morgan fingerprint density at radius 1 is 1.08 bits per heavy atom. The molecule has 3 rings (SSSR count). The molecule has 5 heteroatoms. The number of rotatable bonds is 6. The van der Waals surface area contributed by atoms with Gasteiger partial charge in [-0.2, -0.15) is 0 Å². The maximum atomic E-state index is 12.5. The van der Waals surface area contributed by atoms with Gasteiger partial charge in [0, 0.05) is 11.8 Å². The average molecular weight is 340 g/mol. The Kier molecular flexibility index (Phi) is 5.24. The summed E-state index contributed by atoms with van der Waals surface area (Å²) in [5.74, 6) is 0.449. The van der Waals surface area contributed by atoms with Crippen molar-refractivity contribution in [2.75, 3.05) is 13.4 Å². The number of hydrogen-bond donors (Lipinski definition) is 0. The third-order valence-corrected chi connectivity index (χ3v) is 5.60. The topological polar surface area (TPSA) is 54.0 Å². The normalized spacial score (nSPS) is 40.8. The summed E-state index contributed by atoms with van der Waals surface area (Å²) in [4.78, 5) is 12.5. The summed E-state index contributed by atoms with van der Waals surface area (Å²) in [6, 6.07) is 0. The molecule has 24 heavy (non-hydrogen) atoms. The minimum absolute atomic E-state index is 0.0311. The summed E-state index contributed by atoms with van der Waals surface area (Å²) < 4.78 is 23.2. The number of esters is 1. The molecule has 3 heterocycles. The quantitative estimate of drug-likeness (QED) is 0.422. The van der Waals surface area contributed by atoms with Crippen molar-refractivity contribution in [2.24, 2.45) is 23.2 Å². The molecule has 0 spiro atoms. The molecule has 0 aromatic heterocycles. The molecule has 3 saturated heterocycles. The van der Waals surface area contributed by atoms with E-state index in [9.17, 15) is 4.79 Å². The van der Waals surface area contributed by atoms with Crippen LogP contribution in [-0.2, 0) is 23.7 Å². The first-order valence-corrected chi connectivity index (χ1v) is 9.41. The number of fused-ring (bicyclic) bond motifs is 5. The second-order valence-electron chi connectivity index (χ2n) is 8.66. The molecule has 7 atom stereocenters. The first-order chi connectivity index (χ1) is 11.4. The molecule has 3 aliphatic rings. The van der Waals surface area contributed by atoms with Crippen LogP contribution in [0.2, 0.25) is 0 Å². The molecule has 5 nitrogen and oxygen atoms in total. The van der Waals surface area contributed by atoms with Crippen LogP contribution in [0.4, 0.5) is 0 Å². The summed E-state index contributed by atoms with van der Waals surface area (Å²) in [5, 5.41) is 0. The van der Waals surface area contributed by atoms with E-state index in [-0.39, 0.29) is 48.5 Å². The van der Waals surface area contributed by atoms with Gasteiger partial charge >= 0.3 is 5.97 Å². The minimum Gasteiger partial charge on any atom is -0.438 e. The lowest BCUT2D eigenvalue weighted by molar-refractivity contribution is -0.166. The van der Waals surface area contributed by atoms with Crippen LogP contribution in [0.25, 0.3) is 0 Å². The smallest absolute Gasteiger partial charge is 0.313 e. The van der Waals surface area contributed by atoms with Crippen molar-refractivity contribution in [3.63, 3.8) is 0 Å². The molecule has 7 unspecified atom stereocenters. The fraction of sp³-hybridized carbons (Fsp3) is 0.947. The molecule has 2 bridgehead atoms. The predicted octanol–water partition coefficient (Wildman–Crippen LogP) is 3.16. The van der Waals surface area contributed by atoms with E-state index >= 15 is 0 Å². The Morgan fingerprint density at radius 2 is 1.75 bits per heavy atom. The van der Waals surface area contributed by atoms with Crippen molar-refractivity contribution in [1.29, 1.82) is 0 Å². The van der Waals surface area contributed by atoms with Crippen LogP contribution < -0.4 is 0 Å². The van der Waals surface area contributed by atoms with E-state index in [0.717, 1.165) is 19.3 Å². The van der Waals surface area contributed by atoms with Crippen molar-refractivity contribution >= 4 is 5.97 Å². The molecule has 3 aliphatic heterocycles. The number of hydrogen-bond acceptors (Lipinski definition) is 5. The second kappa shape index (κ2) is 6.93. The Morgan fingerprint density at radius 3 is 2.38 bits per heavy atom. The van der Waals surface area contributed by atoms with Gasteiger partial charge in [-0.3, -0.25) is 4.79 Å². The van der Waals surface area contributed by atoms with E-state index in [4.69, 9.17) is 18.9 Å². The maximum Gasteiger partial charge on any atom is 0.313 e. The van der Waals surface area contributed by atoms with Crippen molar-refractivity contribution in [1.82, 2.24) is 0 Å². The molecule has 0 aliphatic carbocycles. The highest BCUT2D eigenvalue weighted by atomic mass is 16.7. The van der Waals surface area contributed by atoms with Gasteiger partial charge in [-0.15, -0.1) is 0 Å². The van der Waals surface area contributed by atoms with Gasteiger partial charge in [-0.25, -0.2) is 0 Å². The van der Waals surface area contributed by atoms with Crippen LogP contribution in [0.15, 0.2) is 0 Å². The molecule has 0 N–H and O–H groups in total. The van der Waals surface area contributed by atoms with Gasteiger partial charge in [0.25, 0.3) is 0 Å². The summed E-state index contributed by atoms with van der Waals surface area (Å²) in [5.41, 5.74) is 0.0693. The lowest BCUT2D eigenvalue weighted by atomic mass is 9.71. The van der Waals surface area contributed by atoms with Gasteiger partial charge in [0.15, 0.2) is 6.79 Å². The molecule has 138 valence electrons. The van der Waals surface area contributed by atoms with Crippen LogP contribution in [0, 0.1) is 23.2 Å². The van der Waals surface area contributed by atoms with Crippen LogP contribution in [0.5, 0.6) is 0 Å². The van der Waals surface area contributed by atoms with Crippen LogP contribution in [0.1, 0.15) is 53.9 Å². The van der Waals surface area contributed by atoms with Crippen LogP contribution in [-0.4, -0.2) is 43.8 Å². The average Bonchev–Trinajstić information content (AvgIpc) is 3.19. The minimum atomic E-state index is -0.176.